The molecule has 2 rings (SSSR count). The number of halogens is 1. The van der Waals surface area contributed by atoms with Gasteiger partial charge in [-0.05, 0) is 56.5 Å². The van der Waals surface area contributed by atoms with Crippen LogP contribution in [-0.4, -0.2) is 31.6 Å². The molecule has 1 unspecified atom stereocenters. The third-order valence-electron chi connectivity index (χ3n) is 3.78. The fourth-order valence-electron chi connectivity index (χ4n) is 2.32. The first-order chi connectivity index (χ1) is 9.65. The van der Waals surface area contributed by atoms with Crippen molar-refractivity contribution in [3.8, 4) is 5.75 Å². The Bertz CT molecular complexity index is 460. The molecule has 0 aliphatic carbocycles. The standard InChI is InChI=1S/C16H24N2O2.ClH/c1-12-5-6-15(10-13(12)2)20-9-7-16(19)18-11-14-4-3-8-17-14;/h5-6,10,14,17H,3-4,7-9,11H2,1-2H3,(H,18,19);1H. The molecule has 4 nitrogen and oxygen atoms in total. The first-order valence-corrected chi connectivity index (χ1v) is 7.35. The summed E-state index contributed by atoms with van der Waals surface area (Å²) in [4.78, 5) is 11.7. The third-order valence-corrected chi connectivity index (χ3v) is 3.78. The van der Waals surface area contributed by atoms with E-state index in [0.29, 0.717) is 19.1 Å². The van der Waals surface area contributed by atoms with Crippen molar-refractivity contribution in [1.29, 1.82) is 0 Å². The molecule has 1 atom stereocenters. The summed E-state index contributed by atoms with van der Waals surface area (Å²) in [7, 11) is 0. The minimum Gasteiger partial charge on any atom is -0.493 e. The molecule has 21 heavy (non-hydrogen) atoms. The molecule has 1 saturated heterocycles. The van der Waals surface area contributed by atoms with Crippen LogP contribution >= 0.6 is 12.4 Å². The SMILES string of the molecule is Cc1ccc(OCCC(=O)NCC2CCCN2)cc1C.Cl. The van der Waals surface area contributed by atoms with E-state index in [0.717, 1.165) is 25.3 Å². The van der Waals surface area contributed by atoms with E-state index < -0.39 is 0 Å². The maximum Gasteiger partial charge on any atom is 0.223 e. The maximum absolute atomic E-state index is 11.7. The molecule has 0 spiro atoms. The van der Waals surface area contributed by atoms with Crippen molar-refractivity contribution in [3.63, 3.8) is 0 Å². The molecule has 5 heteroatoms. The Hall–Kier alpha value is -1.26. The third kappa shape index (κ3) is 5.94. The highest BCUT2D eigenvalue weighted by atomic mass is 35.5. The van der Waals surface area contributed by atoms with Gasteiger partial charge >= 0.3 is 0 Å². The van der Waals surface area contributed by atoms with Crippen molar-refractivity contribution < 1.29 is 9.53 Å². The van der Waals surface area contributed by atoms with Crippen molar-refractivity contribution in [2.75, 3.05) is 19.7 Å². The number of rotatable bonds is 6. The number of benzene rings is 1. The van der Waals surface area contributed by atoms with Gasteiger partial charge in [-0.2, -0.15) is 0 Å². The largest absolute Gasteiger partial charge is 0.493 e. The van der Waals surface area contributed by atoms with Gasteiger partial charge in [0.15, 0.2) is 0 Å². The quantitative estimate of drug-likeness (QED) is 0.848. The Morgan fingerprint density at radius 1 is 1.38 bits per heavy atom. The van der Waals surface area contributed by atoms with E-state index in [2.05, 4.69) is 24.5 Å². The van der Waals surface area contributed by atoms with Crippen LogP contribution in [0.25, 0.3) is 0 Å². The molecule has 118 valence electrons. The number of carbonyl (C=O) groups excluding carboxylic acids is 1. The molecule has 0 saturated carbocycles. The number of aryl methyl sites for hydroxylation is 2. The van der Waals surface area contributed by atoms with Gasteiger partial charge in [0.05, 0.1) is 13.0 Å². The molecule has 1 aliphatic rings. The summed E-state index contributed by atoms with van der Waals surface area (Å²) in [6, 6.07) is 6.44. The second-order valence-corrected chi connectivity index (χ2v) is 5.44. The number of hydrogen-bond donors (Lipinski definition) is 2. The van der Waals surface area contributed by atoms with Crippen LogP contribution in [-0.2, 0) is 4.79 Å². The Morgan fingerprint density at radius 3 is 2.86 bits per heavy atom. The molecule has 2 N–H and O–H groups in total. The van der Waals surface area contributed by atoms with Gasteiger partial charge in [0.2, 0.25) is 5.91 Å². The molecule has 1 aliphatic heterocycles. The first kappa shape index (κ1) is 17.8. The van der Waals surface area contributed by atoms with E-state index in [-0.39, 0.29) is 18.3 Å². The summed E-state index contributed by atoms with van der Waals surface area (Å²) in [5, 5.41) is 6.31. The summed E-state index contributed by atoms with van der Waals surface area (Å²) in [6.45, 7) is 6.35. The molecule has 1 aromatic carbocycles. The molecule has 1 heterocycles. The highest BCUT2D eigenvalue weighted by Gasteiger charge is 2.14. The number of hydrogen-bond acceptors (Lipinski definition) is 3. The maximum atomic E-state index is 11.7. The minimum atomic E-state index is 0. The summed E-state index contributed by atoms with van der Waals surface area (Å²) in [5.74, 6) is 0.890. The zero-order chi connectivity index (χ0) is 14.4. The summed E-state index contributed by atoms with van der Waals surface area (Å²) in [6.07, 6.45) is 2.76. The smallest absolute Gasteiger partial charge is 0.223 e. The molecule has 0 radical (unpaired) electrons. The van der Waals surface area contributed by atoms with E-state index in [9.17, 15) is 4.79 Å². The van der Waals surface area contributed by atoms with Crippen LogP contribution in [0.15, 0.2) is 18.2 Å². The average molecular weight is 313 g/mol. The van der Waals surface area contributed by atoms with Gasteiger partial charge in [-0.1, -0.05) is 6.07 Å². The highest BCUT2D eigenvalue weighted by molar-refractivity contribution is 5.85. The fourth-order valence-corrected chi connectivity index (χ4v) is 2.32. The van der Waals surface area contributed by atoms with E-state index in [4.69, 9.17) is 4.74 Å². The van der Waals surface area contributed by atoms with Crippen LogP contribution < -0.4 is 15.4 Å². The lowest BCUT2D eigenvalue weighted by atomic mass is 10.1. The number of ether oxygens (including phenoxy) is 1. The van der Waals surface area contributed by atoms with Crippen LogP contribution in [0.2, 0.25) is 0 Å². The molecule has 0 bridgehead atoms. The normalized spacial score (nSPS) is 17.1. The van der Waals surface area contributed by atoms with Gasteiger partial charge in [0.1, 0.15) is 5.75 Å². The summed E-state index contributed by atoms with van der Waals surface area (Å²) in [5.41, 5.74) is 2.46. The van der Waals surface area contributed by atoms with E-state index in [1.807, 2.05) is 18.2 Å². The van der Waals surface area contributed by atoms with Crippen LogP contribution in [0.1, 0.15) is 30.4 Å². The van der Waals surface area contributed by atoms with Crippen molar-refractivity contribution >= 4 is 18.3 Å². The fraction of sp³-hybridized carbons (Fsp3) is 0.562. The van der Waals surface area contributed by atoms with E-state index >= 15 is 0 Å². The molecular formula is C16H25ClN2O2. The van der Waals surface area contributed by atoms with Crippen LogP contribution in [0.4, 0.5) is 0 Å². The van der Waals surface area contributed by atoms with Gasteiger partial charge in [-0.25, -0.2) is 0 Å². The van der Waals surface area contributed by atoms with Gasteiger partial charge in [-0.15, -0.1) is 12.4 Å². The monoisotopic (exact) mass is 312 g/mol. The summed E-state index contributed by atoms with van der Waals surface area (Å²) >= 11 is 0. The average Bonchev–Trinajstić information content (AvgIpc) is 2.94. The Morgan fingerprint density at radius 2 is 2.19 bits per heavy atom. The van der Waals surface area contributed by atoms with Crippen molar-refractivity contribution in [1.82, 2.24) is 10.6 Å². The van der Waals surface area contributed by atoms with Gasteiger partial charge < -0.3 is 15.4 Å². The van der Waals surface area contributed by atoms with E-state index in [1.54, 1.807) is 0 Å². The Balaban J connectivity index is 0.00000220. The Labute approximate surface area is 133 Å². The molecule has 1 amide bonds. The lowest BCUT2D eigenvalue weighted by Crippen LogP contribution is -2.37. The zero-order valence-corrected chi connectivity index (χ0v) is 13.6. The van der Waals surface area contributed by atoms with Gasteiger partial charge in [0, 0.05) is 12.6 Å². The summed E-state index contributed by atoms with van der Waals surface area (Å²) < 4.78 is 5.61. The Kier molecular flexibility index (Phi) is 7.54. The lowest BCUT2D eigenvalue weighted by Gasteiger charge is -2.12. The van der Waals surface area contributed by atoms with Crippen molar-refractivity contribution in [3.05, 3.63) is 29.3 Å². The first-order valence-electron chi connectivity index (χ1n) is 7.35. The van der Waals surface area contributed by atoms with Crippen molar-refractivity contribution in [2.45, 2.75) is 39.2 Å². The number of amides is 1. The van der Waals surface area contributed by atoms with Crippen molar-refractivity contribution in [2.24, 2.45) is 0 Å². The molecule has 0 aromatic heterocycles. The zero-order valence-electron chi connectivity index (χ0n) is 12.8. The van der Waals surface area contributed by atoms with Gasteiger partial charge in [0.25, 0.3) is 0 Å². The molecular weight excluding hydrogens is 288 g/mol. The second kappa shape index (κ2) is 8.90. The van der Waals surface area contributed by atoms with E-state index in [1.165, 1.54) is 17.5 Å². The molecule has 1 fully saturated rings. The van der Waals surface area contributed by atoms with Gasteiger partial charge in [-0.3, -0.25) is 4.79 Å². The second-order valence-electron chi connectivity index (χ2n) is 5.44. The number of nitrogens with one attached hydrogen (secondary N) is 2. The lowest BCUT2D eigenvalue weighted by molar-refractivity contribution is -0.121. The predicted molar refractivity (Wildman–Crippen MR) is 87.3 cm³/mol. The number of carbonyl (C=O) groups is 1. The predicted octanol–water partition coefficient (Wildman–Crippen LogP) is 2.36. The van der Waals surface area contributed by atoms with Crippen LogP contribution in [0, 0.1) is 13.8 Å². The topological polar surface area (TPSA) is 50.4 Å². The van der Waals surface area contributed by atoms with Crippen LogP contribution in [0.3, 0.4) is 0 Å². The minimum absolute atomic E-state index is 0. The highest BCUT2D eigenvalue weighted by Crippen LogP contribution is 2.16. The van der Waals surface area contributed by atoms with Crippen LogP contribution in [0.5, 0.6) is 5.75 Å². The molecule has 1 aromatic rings.